The molecule has 0 spiro atoms. The molecule has 3 rings (SSSR count). The first-order valence-corrected chi connectivity index (χ1v) is 7.59. The van der Waals surface area contributed by atoms with Gasteiger partial charge in [-0.25, -0.2) is 4.98 Å². The van der Waals surface area contributed by atoms with Crippen LogP contribution in [0.5, 0.6) is 5.75 Å². The van der Waals surface area contributed by atoms with Crippen molar-refractivity contribution < 1.29 is 9.53 Å². The van der Waals surface area contributed by atoms with Gasteiger partial charge in [0.1, 0.15) is 18.6 Å². The maximum atomic E-state index is 10.6. The average molecular weight is 288 g/mol. The van der Waals surface area contributed by atoms with Crippen molar-refractivity contribution in [1.82, 2.24) is 4.98 Å². The van der Waals surface area contributed by atoms with Gasteiger partial charge >= 0.3 is 0 Å². The van der Waals surface area contributed by atoms with Crippen LogP contribution in [0.1, 0.15) is 23.2 Å². The van der Waals surface area contributed by atoms with E-state index in [0.717, 1.165) is 30.1 Å². The van der Waals surface area contributed by atoms with Gasteiger partial charge in [0.25, 0.3) is 0 Å². The fourth-order valence-electron chi connectivity index (χ4n) is 2.45. The monoisotopic (exact) mass is 288 g/mol. The van der Waals surface area contributed by atoms with E-state index in [9.17, 15) is 4.79 Å². The van der Waals surface area contributed by atoms with Crippen LogP contribution < -0.4 is 9.64 Å². The van der Waals surface area contributed by atoms with Crippen molar-refractivity contribution >= 4 is 22.8 Å². The van der Waals surface area contributed by atoms with Crippen molar-refractivity contribution in [1.29, 1.82) is 0 Å². The largest absolute Gasteiger partial charge is 0.491 e. The Morgan fingerprint density at radius 1 is 1.40 bits per heavy atom. The number of thiazole rings is 1. The van der Waals surface area contributed by atoms with Crippen LogP contribution in [0.3, 0.4) is 0 Å². The van der Waals surface area contributed by atoms with Gasteiger partial charge in [-0.15, -0.1) is 11.3 Å². The molecule has 0 N–H and O–H groups in total. The summed E-state index contributed by atoms with van der Waals surface area (Å²) >= 11 is 1.67. The zero-order valence-electron chi connectivity index (χ0n) is 11.1. The molecule has 2 aromatic rings. The number of anilines is 1. The first kappa shape index (κ1) is 13.1. The van der Waals surface area contributed by atoms with E-state index >= 15 is 0 Å². The minimum absolute atomic E-state index is 0.381. The number of hydrogen-bond acceptors (Lipinski definition) is 5. The summed E-state index contributed by atoms with van der Waals surface area (Å²) in [6.07, 6.45) is 4.99. The molecule has 1 fully saturated rings. The number of rotatable bonds is 5. The van der Waals surface area contributed by atoms with Gasteiger partial charge in [-0.3, -0.25) is 4.79 Å². The number of hydrogen-bond donors (Lipinski definition) is 0. The summed E-state index contributed by atoms with van der Waals surface area (Å²) in [6.45, 7) is 1.70. The molecule has 1 aliphatic rings. The van der Waals surface area contributed by atoms with Crippen LogP contribution in [-0.4, -0.2) is 30.5 Å². The fraction of sp³-hybridized carbons (Fsp3) is 0.333. The second kappa shape index (κ2) is 6.05. The van der Waals surface area contributed by atoms with Crippen molar-refractivity contribution in [2.24, 2.45) is 0 Å². The number of aromatic nitrogens is 1. The molecule has 1 saturated heterocycles. The maximum absolute atomic E-state index is 10.6. The predicted molar refractivity (Wildman–Crippen MR) is 79.8 cm³/mol. The van der Waals surface area contributed by atoms with Crippen LogP contribution in [-0.2, 0) is 0 Å². The lowest BCUT2D eigenvalue weighted by Crippen LogP contribution is -2.34. The van der Waals surface area contributed by atoms with Crippen molar-refractivity contribution in [3.63, 3.8) is 0 Å². The van der Waals surface area contributed by atoms with E-state index in [0.29, 0.717) is 18.2 Å². The minimum Gasteiger partial charge on any atom is -0.491 e. The minimum atomic E-state index is 0.381. The summed E-state index contributed by atoms with van der Waals surface area (Å²) in [5.74, 6) is 0.807. The maximum Gasteiger partial charge on any atom is 0.185 e. The van der Waals surface area contributed by atoms with Crippen LogP contribution in [0, 0.1) is 0 Å². The average Bonchev–Trinajstić information content (AvgIpc) is 3.16. The summed E-state index contributed by atoms with van der Waals surface area (Å²) in [5, 5.41) is 3.08. The third kappa shape index (κ3) is 2.82. The third-order valence-electron chi connectivity index (χ3n) is 3.50. The van der Waals surface area contributed by atoms with Gasteiger partial charge in [-0.2, -0.15) is 0 Å². The number of benzene rings is 1. The van der Waals surface area contributed by atoms with E-state index in [1.54, 1.807) is 23.5 Å². The number of carbonyl (C=O) groups is 1. The van der Waals surface area contributed by atoms with Crippen molar-refractivity contribution in [3.05, 3.63) is 41.4 Å². The Balaban J connectivity index is 1.60. The molecular weight excluding hydrogens is 272 g/mol. The number of nitrogens with zero attached hydrogens (tertiary/aromatic N) is 2. The number of ether oxygens (including phenoxy) is 1. The van der Waals surface area contributed by atoms with E-state index in [4.69, 9.17) is 4.74 Å². The van der Waals surface area contributed by atoms with Gasteiger partial charge in [0, 0.05) is 23.7 Å². The van der Waals surface area contributed by atoms with Crippen LogP contribution >= 0.6 is 11.3 Å². The van der Waals surface area contributed by atoms with E-state index in [2.05, 4.69) is 9.88 Å². The van der Waals surface area contributed by atoms with E-state index in [1.807, 2.05) is 23.7 Å². The summed E-state index contributed by atoms with van der Waals surface area (Å²) in [5.41, 5.74) is 0.669. The lowest BCUT2D eigenvalue weighted by molar-refractivity contribution is 0.112. The van der Waals surface area contributed by atoms with Gasteiger partial charge in [0.2, 0.25) is 0 Å². The molecule has 0 saturated carbocycles. The molecule has 1 aromatic heterocycles. The number of aldehydes is 1. The first-order chi connectivity index (χ1) is 9.86. The smallest absolute Gasteiger partial charge is 0.185 e. The van der Waals surface area contributed by atoms with Gasteiger partial charge in [0.05, 0.1) is 6.04 Å². The van der Waals surface area contributed by atoms with E-state index in [-0.39, 0.29) is 0 Å². The molecule has 0 aliphatic carbocycles. The molecule has 1 unspecified atom stereocenters. The zero-order valence-corrected chi connectivity index (χ0v) is 11.9. The van der Waals surface area contributed by atoms with Gasteiger partial charge in [-0.05, 0) is 37.1 Å². The topological polar surface area (TPSA) is 42.4 Å². The molecule has 1 atom stereocenters. The molecular formula is C15H16N2O2S. The summed E-state index contributed by atoms with van der Waals surface area (Å²) in [7, 11) is 0. The van der Waals surface area contributed by atoms with E-state index in [1.165, 1.54) is 6.42 Å². The first-order valence-electron chi connectivity index (χ1n) is 6.71. The Morgan fingerprint density at radius 3 is 2.95 bits per heavy atom. The molecule has 1 aromatic carbocycles. The summed E-state index contributed by atoms with van der Waals surface area (Å²) in [4.78, 5) is 17.3. The normalized spacial score (nSPS) is 18.2. The van der Waals surface area contributed by atoms with Crippen molar-refractivity contribution in [3.8, 4) is 5.75 Å². The molecule has 104 valence electrons. The Morgan fingerprint density at radius 2 is 2.25 bits per heavy atom. The summed E-state index contributed by atoms with van der Waals surface area (Å²) < 4.78 is 5.84. The summed E-state index contributed by atoms with van der Waals surface area (Å²) in [6, 6.07) is 7.61. The molecule has 1 aliphatic heterocycles. The molecule has 0 radical (unpaired) electrons. The molecule has 0 amide bonds. The highest BCUT2D eigenvalue weighted by Gasteiger charge is 2.26. The van der Waals surface area contributed by atoms with Gasteiger partial charge in [0.15, 0.2) is 5.13 Å². The standard InChI is InChI=1S/C15H16N2O2S/c18-10-12-3-5-14(6-4-12)19-11-13-2-1-8-17(13)15-16-7-9-20-15/h3-7,9-10,13H,1-2,8,11H2. The second-order valence-corrected chi connectivity index (χ2v) is 5.68. The Kier molecular flexibility index (Phi) is 3.97. The quantitative estimate of drug-likeness (QED) is 0.793. The van der Waals surface area contributed by atoms with Gasteiger partial charge < -0.3 is 9.64 Å². The van der Waals surface area contributed by atoms with Crippen LogP contribution in [0.4, 0.5) is 5.13 Å². The predicted octanol–water partition coefficient (Wildman–Crippen LogP) is 3.00. The highest BCUT2D eigenvalue weighted by atomic mass is 32.1. The molecule has 4 nitrogen and oxygen atoms in total. The zero-order chi connectivity index (χ0) is 13.8. The Labute approximate surface area is 122 Å². The highest BCUT2D eigenvalue weighted by molar-refractivity contribution is 7.13. The molecule has 2 heterocycles. The van der Waals surface area contributed by atoms with Gasteiger partial charge in [-0.1, -0.05) is 0 Å². The fourth-order valence-corrected chi connectivity index (χ4v) is 3.19. The number of carbonyl (C=O) groups excluding carboxylic acids is 1. The van der Waals surface area contributed by atoms with Crippen LogP contribution in [0.25, 0.3) is 0 Å². The highest BCUT2D eigenvalue weighted by Crippen LogP contribution is 2.27. The third-order valence-corrected chi connectivity index (χ3v) is 4.31. The van der Waals surface area contributed by atoms with Crippen molar-refractivity contribution in [2.45, 2.75) is 18.9 Å². The molecule has 5 heteroatoms. The van der Waals surface area contributed by atoms with Crippen LogP contribution in [0.15, 0.2) is 35.8 Å². The molecule has 0 bridgehead atoms. The lowest BCUT2D eigenvalue weighted by Gasteiger charge is -2.24. The van der Waals surface area contributed by atoms with Crippen molar-refractivity contribution in [2.75, 3.05) is 18.1 Å². The van der Waals surface area contributed by atoms with E-state index < -0.39 is 0 Å². The lowest BCUT2D eigenvalue weighted by atomic mass is 10.2. The Bertz CT molecular complexity index is 554. The molecule has 20 heavy (non-hydrogen) atoms. The Hall–Kier alpha value is -1.88. The second-order valence-electron chi connectivity index (χ2n) is 4.80. The SMILES string of the molecule is O=Cc1ccc(OCC2CCCN2c2nccs2)cc1. The van der Waals surface area contributed by atoms with Crippen LogP contribution in [0.2, 0.25) is 0 Å².